The van der Waals surface area contributed by atoms with Crippen molar-refractivity contribution in [2.24, 2.45) is 0 Å². The number of carbonyl (C=O) groups excluding carboxylic acids is 1. The van der Waals surface area contributed by atoms with Crippen LogP contribution in [0.4, 0.5) is 4.79 Å². The molecule has 1 aliphatic rings. The Hall–Kier alpha value is -2.79. The van der Waals surface area contributed by atoms with Crippen molar-refractivity contribution in [3.05, 3.63) is 60.7 Å². The van der Waals surface area contributed by atoms with Crippen molar-refractivity contribution in [3.63, 3.8) is 0 Å². The number of hydrogen-bond acceptors (Lipinski definition) is 5. The van der Waals surface area contributed by atoms with E-state index < -0.39 is 6.16 Å². The van der Waals surface area contributed by atoms with Gasteiger partial charge >= 0.3 is 6.16 Å². The number of aromatic hydroxyl groups is 1. The lowest BCUT2D eigenvalue weighted by atomic mass is 9.98. The Balaban J connectivity index is 1.66. The second-order valence-electron chi connectivity index (χ2n) is 6.90. The van der Waals surface area contributed by atoms with E-state index in [2.05, 4.69) is 0 Å². The van der Waals surface area contributed by atoms with Gasteiger partial charge in [0.05, 0.1) is 9.75 Å². The molecule has 1 saturated carbocycles. The average molecular weight is 394 g/mol. The van der Waals surface area contributed by atoms with Gasteiger partial charge in [-0.05, 0) is 36.8 Å². The van der Waals surface area contributed by atoms with Crippen LogP contribution in [0.25, 0.3) is 20.9 Å². The highest BCUT2D eigenvalue weighted by Gasteiger charge is 2.26. The van der Waals surface area contributed by atoms with Crippen LogP contribution in [0.5, 0.6) is 11.5 Å². The van der Waals surface area contributed by atoms with E-state index >= 15 is 0 Å². The van der Waals surface area contributed by atoms with Crippen LogP contribution in [0.15, 0.2) is 60.7 Å². The van der Waals surface area contributed by atoms with Crippen molar-refractivity contribution in [2.75, 3.05) is 0 Å². The average Bonchev–Trinajstić information content (AvgIpc) is 3.06. The van der Waals surface area contributed by atoms with E-state index in [9.17, 15) is 9.90 Å². The van der Waals surface area contributed by atoms with Gasteiger partial charge in [-0.25, -0.2) is 4.79 Å². The molecule has 4 nitrogen and oxygen atoms in total. The number of hydrogen-bond donors (Lipinski definition) is 1. The molecule has 0 saturated heterocycles. The predicted molar refractivity (Wildman–Crippen MR) is 111 cm³/mol. The number of ether oxygens (including phenoxy) is 2. The van der Waals surface area contributed by atoms with E-state index in [1.807, 2.05) is 60.7 Å². The number of benzene rings is 2. The first-order valence-electron chi connectivity index (χ1n) is 9.57. The summed E-state index contributed by atoms with van der Waals surface area (Å²) in [6.45, 7) is 0. The SMILES string of the molecule is O=C(Oc1c(-c2ccccc2)sc(-c2ccccc2)c1O)OC1CCCCC1. The Morgan fingerprint density at radius 1 is 0.857 bits per heavy atom. The first kappa shape index (κ1) is 18.6. The third kappa shape index (κ3) is 4.04. The van der Waals surface area contributed by atoms with Crippen molar-refractivity contribution >= 4 is 17.5 Å². The van der Waals surface area contributed by atoms with Gasteiger partial charge in [0.25, 0.3) is 0 Å². The van der Waals surface area contributed by atoms with Gasteiger partial charge in [0.2, 0.25) is 0 Å². The van der Waals surface area contributed by atoms with Crippen molar-refractivity contribution in [3.8, 4) is 32.4 Å². The van der Waals surface area contributed by atoms with Gasteiger partial charge in [-0.1, -0.05) is 67.1 Å². The molecule has 2 aromatic carbocycles. The van der Waals surface area contributed by atoms with Crippen LogP contribution >= 0.6 is 11.3 Å². The van der Waals surface area contributed by atoms with Gasteiger partial charge in [0, 0.05) is 0 Å². The second-order valence-corrected chi connectivity index (χ2v) is 7.92. The number of rotatable bonds is 4. The monoisotopic (exact) mass is 394 g/mol. The molecule has 0 spiro atoms. The van der Waals surface area contributed by atoms with Gasteiger partial charge < -0.3 is 14.6 Å². The Bertz CT molecular complexity index is 928. The first-order valence-corrected chi connectivity index (χ1v) is 10.4. The number of carbonyl (C=O) groups is 1. The maximum Gasteiger partial charge on any atom is 0.514 e. The van der Waals surface area contributed by atoms with Crippen LogP contribution in [0.1, 0.15) is 32.1 Å². The predicted octanol–water partition coefficient (Wildman–Crippen LogP) is 6.64. The summed E-state index contributed by atoms with van der Waals surface area (Å²) in [4.78, 5) is 13.8. The molecule has 28 heavy (non-hydrogen) atoms. The van der Waals surface area contributed by atoms with E-state index in [-0.39, 0.29) is 17.6 Å². The summed E-state index contributed by atoms with van der Waals surface area (Å²) in [5.41, 5.74) is 1.75. The highest BCUT2D eigenvalue weighted by molar-refractivity contribution is 7.19. The fourth-order valence-electron chi connectivity index (χ4n) is 3.49. The minimum atomic E-state index is -0.753. The molecular formula is C23H22O4S. The maximum atomic E-state index is 12.4. The van der Waals surface area contributed by atoms with Crippen LogP contribution in [0.2, 0.25) is 0 Å². The van der Waals surface area contributed by atoms with Crippen LogP contribution in [0, 0.1) is 0 Å². The molecule has 1 aromatic heterocycles. The molecule has 1 N–H and O–H groups in total. The zero-order valence-electron chi connectivity index (χ0n) is 15.5. The highest BCUT2D eigenvalue weighted by Crippen LogP contribution is 2.51. The topological polar surface area (TPSA) is 55.8 Å². The largest absolute Gasteiger partial charge is 0.514 e. The van der Waals surface area contributed by atoms with Crippen LogP contribution in [-0.2, 0) is 4.74 Å². The van der Waals surface area contributed by atoms with Crippen LogP contribution in [-0.4, -0.2) is 17.4 Å². The van der Waals surface area contributed by atoms with Crippen molar-refractivity contribution in [2.45, 2.75) is 38.2 Å². The highest BCUT2D eigenvalue weighted by atomic mass is 32.1. The summed E-state index contributed by atoms with van der Waals surface area (Å²) >= 11 is 1.40. The molecule has 0 radical (unpaired) electrons. The zero-order chi connectivity index (χ0) is 19.3. The number of thiophene rings is 1. The maximum absolute atomic E-state index is 12.4. The summed E-state index contributed by atoms with van der Waals surface area (Å²) in [5.74, 6) is 0.131. The molecule has 1 heterocycles. The minimum Gasteiger partial charge on any atom is -0.503 e. The van der Waals surface area contributed by atoms with E-state index in [0.717, 1.165) is 36.8 Å². The van der Waals surface area contributed by atoms with Crippen molar-refractivity contribution < 1.29 is 19.4 Å². The molecule has 1 aliphatic carbocycles. The molecule has 1 fully saturated rings. The fourth-order valence-corrected chi connectivity index (χ4v) is 4.63. The minimum absolute atomic E-state index is 0.0318. The second kappa shape index (κ2) is 8.48. The smallest absolute Gasteiger partial charge is 0.503 e. The Morgan fingerprint density at radius 2 is 1.43 bits per heavy atom. The molecule has 5 heteroatoms. The molecule has 144 valence electrons. The molecule has 0 amide bonds. The van der Waals surface area contributed by atoms with E-state index in [4.69, 9.17) is 9.47 Å². The van der Waals surface area contributed by atoms with Gasteiger partial charge in [-0.15, -0.1) is 11.3 Å². The van der Waals surface area contributed by atoms with E-state index in [1.54, 1.807) is 0 Å². The van der Waals surface area contributed by atoms with Gasteiger partial charge in [0.15, 0.2) is 11.5 Å². The van der Waals surface area contributed by atoms with Crippen molar-refractivity contribution in [1.29, 1.82) is 0 Å². The lowest BCUT2D eigenvalue weighted by Gasteiger charge is -2.21. The molecule has 4 rings (SSSR count). The first-order chi connectivity index (χ1) is 13.7. The summed E-state index contributed by atoms with van der Waals surface area (Å²) < 4.78 is 11.0. The quantitative estimate of drug-likeness (QED) is 0.504. The Kier molecular flexibility index (Phi) is 5.63. The van der Waals surface area contributed by atoms with E-state index in [0.29, 0.717) is 9.75 Å². The van der Waals surface area contributed by atoms with E-state index in [1.165, 1.54) is 17.8 Å². The van der Waals surface area contributed by atoms with Crippen molar-refractivity contribution in [1.82, 2.24) is 0 Å². The molecule has 0 unspecified atom stereocenters. The van der Waals surface area contributed by atoms with Gasteiger partial charge in [0.1, 0.15) is 6.10 Å². The Labute approximate surface area is 168 Å². The summed E-state index contributed by atoms with van der Waals surface area (Å²) in [6, 6.07) is 19.2. The third-order valence-corrected chi connectivity index (χ3v) is 6.17. The lowest BCUT2D eigenvalue weighted by Crippen LogP contribution is -2.23. The molecule has 0 aliphatic heterocycles. The standard InChI is InChI=1S/C23H22O4S/c24-19-20(27-23(25)26-18-14-8-3-9-15-18)22(17-12-6-2-7-13-17)28-21(19)16-10-4-1-5-11-16/h1-2,4-7,10-13,18,24H,3,8-9,14-15H2. The summed E-state index contributed by atoms with van der Waals surface area (Å²) in [7, 11) is 0. The zero-order valence-corrected chi connectivity index (χ0v) is 16.3. The molecule has 0 bridgehead atoms. The Morgan fingerprint density at radius 3 is 2.04 bits per heavy atom. The van der Waals surface area contributed by atoms with Gasteiger partial charge in [-0.3, -0.25) is 0 Å². The third-order valence-electron chi connectivity index (χ3n) is 4.91. The molecular weight excluding hydrogens is 372 g/mol. The lowest BCUT2D eigenvalue weighted by molar-refractivity contribution is 0.0413. The normalized spacial score (nSPS) is 14.6. The van der Waals surface area contributed by atoms with Crippen LogP contribution in [0.3, 0.4) is 0 Å². The molecule has 3 aromatic rings. The summed E-state index contributed by atoms with van der Waals surface area (Å²) in [5, 5.41) is 10.9. The van der Waals surface area contributed by atoms with Crippen LogP contribution < -0.4 is 4.74 Å². The fraction of sp³-hybridized carbons (Fsp3) is 0.261. The summed E-state index contributed by atoms with van der Waals surface area (Å²) in [6.07, 6.45) is 4.19. The van der Waals surface area contributed by atoms with Gasteiger partial charge in [-0.2, -0.15) is 0 Å². The molecule has 0 atom stereocenters.